The van der Waals surface area contributed by atoms with E-state index in [-0.39, 0.29) is 18.2 Å². The van der Waals surface area contributed by atoms with Gasteiger partial charge < -0.3 is 4.74 Å². The second kappa shape index (κ2) is 7.26. The lowest BCUT2D eigenvalue weighted by Crippen LogP contribution is -2.36. The smallest absolute Gasteiger partial charge is 0.167 e. The van der Waals surface area contributed by atoms with Crippen molar-refractivity contribution in [2.45, 2.75) is 32.6 Å². The Balaban J connectivity index is 1.86. The fourth-order valence-corrected chi connectivity index (χ4v) is 2.46. The summed E-state index contributed by atoms with van der Waals surface area (Å²) >= 11 is 0. The summed E-state index contributed by atoms with van der Waals surface area (Å²) in [5, 5.41) is 0. The first-order valence-electron chi connectivity index (χ1n) is 7.20. The quantitative estimate of drug-likeness (QED) is 0.784. The van der Waals surface area contributed by atoms with Crippen molar-refractivity contribution >= 4 is 11.6 Å². The van der Waals surface area contributed by atoms with Crippen LogP contribution in [0.1, 0.15) is 38.4 Å². The molecule has 6 heteroatoms. The second-order valence-corrected chi connectivity index (χ2v) is 5.52. The standard InChI is InChI=1S/C15H21N3O3/c1-11(19)9-18-5-3-13(4-6-18)15-16-7-14(8-17-15)21-10-12(2)20/h7-8,13H,3-6,9-10H2,1-2H3. The average molecular weight is 291 g/mol. The van der Waals surface area contributed by atoms with Gasteiger partial charge >= 0.3 is 0 Å². The van der Waals surface area contributed by atoms with Crippen molar-refractivity contribution in [2.24, 2.45) is 0 Å². The number of hydrogen-bond donors (Lipinski definition) is 0. The van der Waals surface area contributed by atoms with Gasteiger partial charge in [-0.1, -0.05) is 0 Å². The zero-order valence-corrected chi connectivity index (χ0v) is 12.5. The van der Waals surface area contributed by atoms with Crippen molar-refractivity contribution in [3.63, 3.8) is 0 Å². The zero-order chi connectivity index (χ0) is 15.2. The third kappa shape index (κ3) is 4.90. The monoisotopic (exact) mass is 291 g/mol. The molecule has 1 aliphatic heterocycles. The van der Waals surface area contributed by atoms with Crippen LogP contribution in [0.3, 0.4) is 0 Å². The van der Waals surface area contributed by atoms with E-state index in [1.165, 1.54) is 6.92 Å². The molecule has 0 saturated carbocycles. The molecule has 21 heavy (non-hydrogen) atoms. The Hall–Kier alpha value is -1.82. The van der Waals surface area contributed by atoms with E-state index < -0.39 is 0 Å². The molecular weight excluding hydrogens is 270 g/mol. The summed E-state index contributed by atoms with van der Waals surface area (Å²) in [5.74, 6) is 1.83. The van der Waals surface area contributed by atoms with E-state index in [2.05, 4.69) is 14.9 Å². The molecule has 0 amide bonds. The normalized spacial score (nSPS) is 16.7. The Morgan fingerprint density at radius 2 is 1.81 bits per heavy atom. The number of nitrogens with zero attached hydrogens (tertiary/aromatic N) is 3. The molecule has 0 bridgehead atoms. The van der Waals surface area contributed by atoms with Crippen LogP contribution < -0.4 is 4.74 Å². The van der Waals surface area contributed by atoms with Gasteiger partial charge in [0.1, 0.15) is 18.2 Å². The number of ether oxygens (including phenoxy) is 1. The van der Waals surface area contributed by atoms with Crippen molar-refractivity contribution in [3.8, 4) is 5.75 Å². The maximum atomic E-state index is 11.1. The lowest BCUT2D eigenvalue weighted by Gasteiger charge is -2.30. The van der Waals surface area contributed by atoms with E-state index in [1.807, 2.05) is 0 Å². The Morgan fingerprint density at radius 1 is 1.19 bits per heavy atom. The predicted octanol–water partition coefficient (Wildman–Crippen LogP) is 1.21. The molecule has 114 valence electrons. The molecule has 1 aromatic heterocycles. The minimum absolute atomic E-state index is 0.0306. The van der Waals surface area contributed by atoms with Gasteiger partial charge in [-0.25, -0.2) is 9.97 Å². The van der Waals surface area contributed by atoms with Crippen molar-refractivity contribution in [2.75, 3.05) is 26.2 Å². The van der Waals surface area contributed by atoms with Gasteiger partial charge in [-0.2, -0.15) is 0 Å². The first-order valence-corrected chi connectivity index (χ1v) is 7.20. The molecule has 1 fully saturated rings. The number of aromatic nitrogens is 2. The number of Topliss-reactive ketones (excluding diaryl/α,β-unsaturated/α-hetero) is 2. The van der Waals surface area contributed by atoms with Crippen molar-refractivity contribution in [1.29, 1.82) is 0 Å². The fourth-order valence-electron chi connectivity index (χ4n) is 2.46. The van der Waals surface area contributed by atoms with E-state index in [0.717, 1.165) is 31.8 Å². The van der Waals surface area contributed by atoms with Crippen LogP contribution in [0.4, 0.5) is 0 Å². The van der Waals surface area contributed by atoms with Crippen LogP contribution in [-0.2, 0) is 9.59 Å². The summed E-state index contributed by atoms with van der Waals surface area (Å²) in [4.78, 5) is 32.8. The summed E-state index contributed by atoms with van der Waals surface area (Å²) in [5.41, 5.74) is 0. The van der Waals surface area contributed by atoms with Crippen LogP contribution in [0, 0.1) is 0 Å². The molecule has 0 spiro atoms. The molecule has 1 aromatic rings. The van der Waals surface area contributed by atoms with Gasteiger partial charge in [0.25, 0.3) is 0 Å². The van der Waals surface area contributed by atoms with Crippen molar-refractivity contribution < 1.29 is 14.3 Å². The number of piperidine rings is 1. The summed E-state index contributed by atoms with van der Waals surface area (Å²) in [6.07, 6.45) is 5.16. The van der Waals surface area contributed by atoms with E-state index in [1.54, 1.807) is 19.3 Å². The molecule has 0 aliphatic carbocycles. The van der Waals surface area contributed by atoms with Crippen LogP contribution in [0.2, 0.25) is 0 Å². The maximum Gasteiger partial charge on any atom is 0.167 e. The number of carbonyl (C=O) groups excluding carboxylic acids is 2. The number of hydrogen-bond acceptors (Lipinski definition) is 6. The largest absolute Gasteiger partial charge is 0.483 e. The number of rotatable bonds is 6. The third-order valence-electron chi connectivity index (χ3n) is 3.49. The zero-order valence-electron chi connectivity index (χ0n) is 12.5. The van der Waals surface area contributed by atoms with Crippen LogP contribution in [0.5, 0.6) is 5.75 Å². The van der Waals surface area contributed by atoms with Gasteiger partial charge in [-0.15, -0.1) is 0 Å². The minimum atomic E-state index is -0.0306. The summed E-state index contributed by atoms with van der Waals surface area (Å²) in [7, 11) is 0. The molecule has 0 unspecified atom stereocenters. The van der Waals surface area contributed by atoms with Crippen LogP contribution in [-0.4, -0.2) is 52.7 Å². The Morgan fingerprint density at radius 3 is 2.33 bits per heavy atom. The van der Waals surface area contributed by atoms with E-state index >= 15 is 0 Å². The molecule has 0 N–H and O–H groups in total. The first kappa shape index (κ1) is 15.6. The molecular formula is C15H21N3O3. The fraction of sp³-hybridized carbons (Fsp3) is 0.600. The highest BCUT2D eigenvalue weighted by Gasteiger charge is 2.23. The van der Waals surface area contributed by atoms with Gasteiger partial charge in [-0.3, -0.25) is 14.5 Å². The minimum Gasteiger partial charge on any atom is -0.483 e. The number of ketones is 2. The topological polar surface area (TPSA) is 72.4 Å². The molecule has 1 aliphatic rings. The van der Waals surface area contributed by atoms with Gasteiger partial charge in [0.15, 0.2) is 11.5 Å². The number of carbonyl (C=O) groups is 2. The van der Waals surface area contributed by atoms with Gasteiger partial charge in [0.2, 0.25) is 0 Å². The molecule has 2 heterocycles. The van der Waals surface area contributed by atoms with Crippen molar-refractivity contribution in [1.82, 2.24) is 14.9 Å². The Bertz CT molecular complexity index is 493. The molecule has 2 rings (SSSR count). The van der Waals surface area contributed by atoms with Crippen molar-refractivity contribution in [3.05, 3.63) is 18.2 Å². The van der Waals surface area contributed by atoms with Gasteiger partial charge in [0, 0.05) is 5.92 Å². The Kier molecular flexibility index (Phi) is 5.38. The van der Waals surface area contributed by atoms with Crippen LogP contribution in [0.25, 0.3) is 0 Å². The third-order valence-corrected chi connectivity index (χ3v) is 3.49. The predicted molar refractivity (Wildman–Crippen MR) is 77.3 cm³/mol. The summed E-state index contributed by atoms with van der Waals surface area (Å²) in [6, 6.07) is 0. The molecule has 1 saturated heterocycles. The van der Waals surface area contributed by atoms with Crippen LogP contribution in [0.15, 0.2) is 12.4 Å². The van der Waals surface area contributed by atoms with E-state index in [9.17, 15) is 9.59 Å². The highest BCUT2D eigenvalue weighted by molar-refractivity contribution is 5.77. The Labute approximate surface area is 124 Å². The van der Waals surface area contributed by atoms with E-state index in [4.69, 9.17) is 4.74 Å². The second-order valence-electron chi connectivity index (χ2n) is 5.52. The molecule has 0 atom stereocenters. The van der Waals surface area contributed by atoms with Gasteiger partial charge in [-0.05, 0) is 39.8 Å². The SMILES string of the molecule is CC(=O)COc1cnc(C2CCN(CC(C)=O)CC2)nc1. The molecule has 0 radical (unpaired) electrons. The van der Waals surface area contributed by atoms with Crippen LogP contribution >= 0.6 is 0 Å². The average Bonchev–Trinajstić information content (AvgIpc) is 2.46. The maximum absolute atomic E-state index is 11.1. The molecule has 0 aromatic carbocycles. The summed E-state index contributed by atoms with van der Waals surface area (Å²) < 4.78 is 5.25. The lowest BCUT2D eigenvalue weighted by molar-refractivity contribution is -0.119. The van der Waals surface area contributed by atoms with Gasteiger partial charge in [0.05, 0.1) is 18.9 Å². The number of likely N-dealkylation sites (tertiary alicyclic amines) is 1. The summed E-state index contributed by atoms with van der Waals surface area (Å²) in [6.45, 7) is 5.48. The first-order chi connectivity index (χ1) is 10.0. The highest BCUT2D eigenvalue weighted by Crippen LogP contribution is 2.25. The van der Waals surface area contributed by atoms with E-state index in [0.29, 0.717) is 18.2 Å². The molecule has 6 nitrogen and oxygen atoms in total. The lowest BCUT2D eigenvalue weighted by atomic mass is 9.96. The highest BCUT2D eigenvalue weighted by atomic mass is 16.5.